The van der Waals surface area contributed by atoms with E-state index in [0.29, 0.717) is 16.9 Å². The number of aromatic nitrogens is 1. The minimum atomic E-state index is 0.483. The molecule has 6 rings (SSSR count). The van der Waals surface area contributed by atoms with Gasteiger partial charge in [-0.2, -0.15) is 0 Å². The van der Waals surface area contributed by atoms with Crippen LogP contribution in [0, 0.1) is 34.5 Å². The number of fused-ring (bicyclic) bond motifs is 6. The summed E-state index contributed by atoms with van der Waals surface area (Å²) in [5.74, 6) is 4.53. The van der Waals surface area contributed by atoms with E-state index in [-0.39, 0.29) is 0 Å². The fourth-order valence-electron chi connectivity index (χ4n) is 9.75. The van der Waals surface area contributed by atoms with Crippen molar-refractivity contribution in [1.29, 1.82) is 0 Å². The molecule has 33 heavy (non-hydrogen) atoms. The van der Waals surface area contributed by atoms with Gasteiger partial charge in [0.05, 0.1) is 0 Å². The summed E-state index contributed by atoms with van der Waals surface area (Å²) >= 11 is 0. The molecule has 4 saturated carbocycles. The minimum Gasteiger partial charge on any atom is -0.312 e. The van der Waals surface area contributed by atoms with Crippen molar-refractivity contribution in [2.45, 2.75) is 103 Å². The Hall–Kier alpha value is -1.41. The Labute approximate surface area is 201 Å². The van der Waals surface area contributed by atoms with Crippen LogP contribution in [0.3, 0.4) is 0 Å². The normalized spacial score (nSPS) is 42.7. The second-order valence-corrected chi connectivity index (χ2v) is 13.1. The van der Waals surface area contributed by atoms with E-state index in [1.807, 2.05) is 6.20 Å². The zero-order valence-electron chi connectivity index (χ0n) is 21.3. The van der Waals surface area contributed by atoms with E-state index >= 15 is 0 Å². The topological polar surface area (TPSA) is 24.9 Å². The van der Waals surface area contributed by atoms with Crippen molar-refractivity contribution in [3.8, 4) is 0 Å². The highest BCUT2D eigenvalue weighted by molar-refractivity contribution is 5.82. The van der Waals surface area contributed by atoms with Crippen molar-refractivity contribution in [2.24, 2.45) is 34.5 Å². The average Bonchev–Trinajstić information content (AvgIpc) is 3.16. The second kappa shape index (κ2) is 8.08. The van der Waals surface area contributed by atoms with Crippen LogP contribution in [0.15, 0.2) is 36.7 Å². The SMILES string of the molecule is CC(C)N[C@H]1CC[C@@]2(C)C(CC[C@@H]3C2CC[C@]2(C)[C@@H](c4ccc5ccncc5c4)CC[C@@H]32)C1. The quantitative estimate of drug-likeness (QED) is 0.524. The molecule has 0 bridgehead atoms. The molecular weight excluding hydrogens is 400 g/mol. The lowest BCUT2D eigenvalue weighted by Crippen LogP contribution is -2.55. The van der Waals surface area contributed by atoms with Gasteiger partial charge < -0.3 is 5.32 Å². The van der Waals surface area contributed by atoms with Crippen LogP contribution >= 0.6 is 0 Å². The van der Waals surface area contributed by atoms with Crippen LogP contribution in [0.4, 0.5) is 0 Å². The molecule has 0 saturated heterocycles. The van der Waals surface area contributed by atoms with Gasteiger partial charge in [-0.1, -0.05) is 39.8 Å². The van der Waals surface area contributed by atoms with Crippen LogP contribution in [-0.4, -0.2) is 17.1 Å². The molecule has 1 heterocycles. The molecule has 1 aromatic heterocycles. The molecule has 178 valence electrons. The Bertz CT molecular complexity index is 1010. The Kier molecular flexibility index (Phi) is 5.40. The maximum atomic E-state index is 4.40. The molecule has 0 amide bonds. The Morgan fingerprint density at radius 3 is 2.55 bits per heavy atom. The molecule has 1 aromatic carbocycles. The van der Waals surface area contributed by atoms with Gasteiger partial charge in [0.25, 0.3) is 0 Å². The van der Waals surface area contributed by atoms with E-state index in [0.717, 1.165) is 35.6 Å². The number of nitrogens with zero attached hydrogens (tertiary/aromatic N) is 1. The first-order chi connectivity index (χ1) is 15.9. The van der Waals surface area contributed by atoms with Gasteiger partial charge in [-0.3, -0.25) is 4.98 Å². The van der Waals surface area contributed by atoms with Crippen LogP contribution in [0.2, 0.25) is 0 Å². The number of hydrogen-bond donors (Lipinski definition) is 1. The lowest BCUT2D eigenvalue weighted by atomic mass is 9.44. The molecule has 0 aliphatic heterocycles. The Morgan fingerprint density at radius 1 is 0.879 bits per heavy atom. The van der Waals surface area contributed by atoms with Gasteiger partial charge in [-0.05, 0) is 121 Å². The summed E-state index contributed by atoms with van der Waals surface area (Å²) in [4.78, 5) is 4.40. The van der Waals surface area contributed by atoms with E-state index in [1.54, 1.807) is 5.56 Å². The van der Waals surface area contributed by atoms with E-state index in [9.17, 15) is 0 Å². The Morgan fingerprint density at radius 2 is 1.70 bits per heavy atom. The van der Waals surface area contributed by atoms with Gasteiger partial charge in [-0.15, -0.1) is 0 Å². The summed E-state index contributed by atoms with van der Waals surface area (Å²) in [6.07, 6.45) is 17.0. The van der Waals surface area contributed by atoms with Crippen LogP contribution in [-0.2, 0) is 0 Å². The molecule has 2 aromatic rings. The van der Waals surface area contributed by atoms with Gasteiger partial charge in [0.1, 0.15) is 0 Å². The lowest BCUT2D eigenvalue weighted by molar-refractivity contribution is -0.110. The van der Waals surface area contributed by atoms with Gasteiger partial charge in [0, 0.05) is 29.9 Å². The first-order valence-corrected chi connectivity index (χ1v) is 14.0. The monoisotopic (exact) mass is 444 g/mol. The van der Waals surface area contributed by atoms with E-state index in [4.69, 9.17) is 0 Å². The number of nitrogens with one attached hydrogen (secondary N) is 1. The van der Waals surface area contributed by atoms with Crippen molar-refractivity contribution < 1.29 is 0 Å². The molecular formula is C31H44N2. The predicted molar refractivity (Wildman–Crippen MR) is 138 cm³/mol. The van der Waals surface area contributed by atoms with Crippen LogP contribution in [0.25, 0.3) is 10.8 Å². The molecule has 4 fully saturated rings. The summed E-state index contributed by atoms with van der Waals surface area (Å²) in [5, 5.41) is 6.52. The molecule has 1 N–H and O–H groups in total. The smallest absolute Gasteiger partial charge is 0.0346 e. The van der Waals surface area contributed by atoms with E-state index < -0.39 is 0 Å². The van der Waals surface area contributed by atoms with Gasteiger partial charge >= 0.3 is 0 Å². The Balaban J connectivity index is 1.24. The van der Waals surface area contributed by atoms with E-state index in [1.165, 1.54) is 68.6 Å². The molecule has 8 atom stereocenters. The second-order valence-electron chi connectivity index (χ2n) is 13.1. The van der Waals surface area contributed by atoms with Crippen LogP contribution in [0.1, 0.15) is 97.0 Å². The van der Waals surface area contributed by atoms with Crippen molar-refractivity contribution in [3.63, 3.8) is 0 Å². The zero-order valence-corrected chi connectivity index (χ0v) is 21.3. The van der Waals surface area contributed by atoms with Gasteiger partial charge in [0.2, 0.25) is 0 Å². The summed E-state index contributed by atoms with van der Waals surface area (Å²) in [7, 11) is 0. The van der Waals surface area contributed by atoms with Crippen molar-refractivity contribution >= 4 is 10.8 Å². The summed E-state index contributed by atoms with van der Waals surface area (Å²) in [6, 6.07) is 10.8. The molecule has 2 unspecified atom stereocenters. The summed E-state index contributed by atoms with van der Waals surface area (Å²) in [5.41, 5.74) is 2.65. The number of pyridine rings is 1. The molecule has 4 aliphatic rings. The number of hydrogen-bond acceptors (Lipinski definition) is 2. The van der Waals surface area contributed by atoms with Crippen molar-refractivity contribution in [1.82, 2.24) is 10.3 Å². The van der Waals surface area contributed by atoms with Crippen LogP contribution in [0.5, 0.6) is 0 Å². The van der Waals surface area contributed by atoms with Crippen molar-refractivity contribution in [2.75, 3.05) is 0 Å². The third-order valence-corrected chi connectivity index (χ3v) is 11.3. The summed E-state index contributed by atoms with van der Waals surface area (Å²) < 4.78 is 0. The predicted octanol–water partition coefficient (Wildman–Crippen LogP) is 7.73. The van der Waals surface area contributed by atoms with Crippen LogP contribution < -0.4 is 5.32 Å². The van der Waals surface area contributed by atoms with E-state index in [2.05, 4.69) is 68.5 Å². The molecule has 4 aliphatic carbocycles. The third-order valence-electron chi connectivity index (χ3n) is 11.3. The number of rotatable bonds is 3. The molecule has 0 spiro atoms. The molecule has 0 radical (unpaired) electrons. The molecule has 2 nitrogen and oxygen atoms in total. The highest BCUT2D eigenvalue weighted by Gasteiger charge is 2.60. The summed E-state index contributed by atoms with van der Waals surface area (Å²) in [6.45, 7) is 10.0. The highest BCUT2D eigenvalue weighted by atomic mass is 14.9. The standard InChI is InChI=1S/C31H44N2/c1-20(2)33-25-11-14-30(3)24(18-25)7-8-26-28-10-9-27(31(28,4)15-12-29(26)30)22-6-5-21-13-16-32-19-23(21)17-22/h5-6,13,16-17,19-20,24-29,33H,7-12,14-15,18H2,1-4H3/t24?,25-,26-,27+,28-,29?,30-,31+/m0/s1. The lowest BCUT2D eigenvalue weighted by Gasteiger charge is -2.61. The van der Waals surface area contributed by atoms with Gasteiger partial charge in [-0.25, -0.2) is 0 Å². The average molecular weight is 445 g/mol. The minimum absolute atomic E-state index is 0.483. The third kappa shape index (κ3) is 3.49. The first kappa shape index (κ1) is 22.1. The molecule has 2 heteroatoms. The fourth-order valence-corrected chi connectivity index (χ4v) is 9.75. The zero-order chi connectivity index (χ0) is 22.8. The highest BCUT2D eigenvalue weighted by Crippen LogP contribution is 2.69. The largest absolute Gasteiger partial charge is 0.312 e. The fraction of sp³-hybridized carbons (Fsp3) is 0.710. The maximum Gasteiger partial charge on any atom is 0.0346 e. The first-order valence-electron chi connectivity index (χ1n) is 14.0. The maximum absolute atomic E-state index is 4.40. The number of benzene rings is 1. The van der Waals surface area contributed by atoms with Gasteiger partial charge in [0.15, 0.2) is 0 Å². The van der Waals surface area contributed by atoms with Crippen molar-refractivity contribution in [3.05, 3.63) is 42.2 Å².